The molecule has 0 amide bonds. The normalized spacial score (nSPS) is 17.8. The number of halogens is 20. The molecule has 0 bridgehead atoms. The van der Waals surface area contributed by atoms with Crippen LogP contribution in [-0.4, -0.2) is 92.2 Å². The molecule has 25 heteroatoms. The highest BCUT2D eigenvalue weighted by atomic mass is 19.4. The van der Waals surface area contributed by atoms with E-state index in [0.717, 1.165) is 0 Å². The highest BCUT2D eigenvalue weighted by Crippen LogP contribution is 2.49. The Balaban J connectivity index is 5.28. The van der Waals surface area contributed by atoms with Crippen LogP contribution in [0.5, 0.6) is 0 Å². The number of ether oxygens (including phenoxy) is 4. The maximum Gasteiger partial charge on any atom is 0.462 e. The quantitative estimate of drug-likeness (QED) is 0.230. The molecule has 0 aliphatic rings. The van der Waals surface area contributed by atoms with Crippen molar-refractivity contribution >= 4 is 0 Å². The van der Waals surface area contributed by atoms with Gasteiger partial charge in [-0.3, -0.25) is 9.47 Å². The maximum atomic E-state index is 13.4. The molecule has 0 spiro atoms. The second-order valence-electron chi connectivity index (χ2n) is 6.80. The van der Waals surface area contributed by atoms with Crippen molar-refractivity contribution in [2.75, 3.05) is 19.8 Å². The fourth-order valence-corrected chi connectivity index (χ4v) is 1.61. The van der Waals surface area contributed by atoms with Gasteiger partial charge in [0.1, 0.15) is 12.7 Å². The van der Waals surface area contributed by atoms with Crippen molar-refractivity contribution in [3.63, 3.8) is 0 Å². The molecule has 0 aromatic carbocycles. The van der Waals surface area contributed by atoms with Gasteiger partial charge in [0.15, 0.2) is 0 Å². The molecule has 0 aliphatic carbocycles. The van der Waals surface area contributed by atoms with Crippen LogP contribution in [0.4, 0.5) is 87.8 Å². The molecular weight excluding hydrogens is 628 g/mol. The summed E-state index contributed by atoms with van der Waals surface area (Å²) < 4.78 is 264. The fourth-order valence-electron chi connectivity index (χ4n) is 1.61. The summed E-state index contributed by atoms with van der Waals surface area (Å²) in [7, 11) is 0. The summed E-state index contributed by atoms with van der Waals surface area (Å²) in [5, 5.41) is 8.73. The average molecular weight is 638 g/mol. The number of aliphatic hydroxyl groups is 1. The molecule has 0 radical (unpaired) electrons. The van der Waals surface area contributed by atoms with Crippen LogP contribution >= 0.6 is 0 Å². The third-order valence-corrected chi connectivity index (χ3v) is 3.72. The van der Waals surface area contributed by atoms with E-state index in [1.165, 1.54) is 0 Å². The van der Waals surface area contributed by atoms with Crippen molar-refractivity contribution in [1.82, 2.24) is 0 Å². The van der Waals surface area contributed by atoms with E-state index in [1.807, 2.05) is 0 Å². The predicted octanol–water partition coefficient (Wildman–Crippen LogP) is 5.81. The summed E-state index contributed by atoms with van der Waals surface area (Å²) in [6.07, 6.45) is -47.3. The van der Waals surface area contributed by atoms with E-state index in [9.17, 15) is 87.8 Å². The molecule has 3 unspecified atom stereocenters. The standard InChI is InChI=1S/C14H10F20O5/c15-5(38-13(31,32)9(21,22)11(25,26)27)7(17,18)3-36-4(1-35)2-37-8(19,20)6(16)39-14(33,34)10(23,24)12(28,29)30/h4-6,35H,1-3H2. The Hall–Kier alpha value is -1.60. The Bertz CT molecular complexity index is 718. The molecule has 0 rings (SSSR count). The van der Waals surface area contributed by atoms with E-state index in [0.29, 0.717) is 0 Å². The molecule has 39 heavy (non-hydrogen) atoms. The summed E-state index contributed by atoms with van der Waals surface area (Å²) in [6.45, 7) is -6.88. The van der Waals surface area contributed by atoms with Crippen molar-refractivity contribution in [2.24, 2.45) is 0 Å². The molecule has 0 aromatic heterocycles. The molecule has 5 nitrogen and oxygen atoms in total. The Labute approximate surface area is 200 Å². The lowest BCUT2D eigenvalue weighted by Gasteiger charge is -2.31. The van der Waals surface area contributed by atoms with Crippen LogP contribution in [0.15, 0.2) is 0 Å². The van der Waals surface area contributed by atoms with Gasteiger partial charge in [-0.2, -0.15) is 79.0 Å². The molecule has 236 valence electrons. The zero-order valence-electron chi connectivity index (χ0n) is 17.5. The average Bonchev–Trinajstić information content (AvgIpc) is 2.71. The fraction of sp³-hybridized carbons (Fsp3) is 1.00. The Morgan fingerprint density at radius 1 is 0.564 bits per heavy atom. The van der Waals surface area contributed by atoms with E-state index in [2.05, 4.69) is 18.9 Å². The van der Waals surface area contributed by atoms with Gasteiger partial charge in [0.05, 0.1) is 13.2 Å². The number of aliphatic hydroxyl groups excluding tert-OH is 1. The van der Waals surface area contributed by atoms with E-state index >= 15 is 0 Å². The lowest BCUT2D eigenvalue weighted by molar-refractivity contribution is -0.466. The molecule has 0 fully saturated rings. The molecule has 0 saturated carbocycles. The largest absolute Gasteiger partial charge is 0.462 e. The van der Waals surface area contributed by atoms with Crippen molar-refractivity contribution in [1.29, 1.82) is 0 Å². The number of hydrogen-bond donors (Lipinski definition) is 1. The highest BCUT2D eigenvalue weighted by Gasteiger charge is 2.77. The topological polar surface area (TPSA) is 57.2 Å². The first-order valence-corrected chi connectivity index (χ1v) is 8.80. The molecule has 3 atom stereocenters. The summed E-state index contributed by atoms with van der Waals surface area (Å²) >= 11 is 0. The summed E-state index contributed by atoms with van der Waals surface area (Å²) in [5.74, 6) is -20.1. The monoisotopic (exact) mass is 638 g/mol. The van der Waals surface area contributed by atoms with Crippen LogP contribution in [0.3, 0.4) is 0 Å². The Morgan fingerprint density at radius 2 is 0.923 bits per heavy atom. The summed E-state index contributed by atoms with van der Waals surface area (Å²) in [5.41, 5.74) is 0. The highest BCUT2D eigenvalue weighted by molar-refractivity contribution is 4.87. The van der Waals surface area contributed by atoms with Crippen molar-refractivity contribution in [3.8, 4) is 0 Å². The van der Waals surface area contributed by atoms with E-state index in [1.54, 1.807) is 0 Å². The van der Waals surface area contributed by atoms with Crippen LogP contribution in [0, 0.1) is 0 Å². The molecule has 0 aliphatic heterocycles. The minimum atomic E-state index is -7.26. The van der Waals surface area contributed by atoms with Crippen molar-refractivity contribution in [2.45, 2.75) is 67.3 Å². The molecular formula is C14H10F20O5. The van der Waals surface area contributed by atoms with E-state index in [4.69, 9.17) is 5.11 Å². The lowest BCUT2D eigenvalue weighted by atomic mass is 10.3. The van der Waals surface area contributed by atoms with Crippen LogP contribution in [0.2, 0.25) is 0 Å². The van der Waals surface area contributed by atoms with E-state index in [-0.39, 0.29) is 0 Å². The molecule has 0 saturated heterocycles. The van der Waals surface area contributed by atoms with Crippen molar-refractivity contribution in [3.05, 3.63) is 0 Å². The minimum Gasteiger partial charge on any atom is -0.394 e. The Kier molecular flexibility index (Phi) is 11.2. The smallest absolute Gasteiger partial charge is 0.394 e. The van der Waals surface area contributed by atoms with Crippen LogP contribution in [-0.2, 0) is 18.9 Å². The number of alkyl halides is 20. The van der Waals surface area contributed by atoms with Gasteiger partial charge in [0, 0.05) is 0 Å². The third-order valence-electron chi connectivity index (χ3n) is 3.72. The van der Waals surface area contributed by atoms with Gasteiger partial charge in [-0.25, -0.2) is 8.78 Å². The van der Waals surface area contributed by atoms with Crippen LogP contribution in [0.1, 0.15) is 0 Å². The zero-order chi connectivity index (χ0) is 31.7. The first-order valence-electron chi connectivity index (χ1n) is 8.80. The number of rotatable bonds is 15. The zero-order valence-corrected chi connectivity index (χ0v) is 17.5. The van der Waals surface area contributed by atoms with Crippen molar-refractivity contribution < 1.29 is 112 Å². The molecule has 1 N–H and O–H groups in total. The first-order chi connectivity index (χ1) is 16.9. The SMILES string of the molecule is OCC(COC(F)(F)C(F)OC(F)(F)C(F)(F)C(F)(F)F)OCC(F)(F)C(F)OC(F)(F)C(F)(F)C(F)(F)F. The van der Waals surface area contributed by atoms with Crippen LogP contribution in [0.25, 0.3) is 0 Å². The predicted molar refractivity (Wildman–Crippen MR) is 76.5 cm³/mol. The van der Waals surface area contributed by atoms with E-state index < -0.39 is 87.1 Å². The second-order valence-corrected chi connectivity index (χ2v) is 6.80. The first kappa shape index (κ1) is 37.4. The van der Waals surface area contributed by atoms with Gasteiger partial charge in [0.25, 0.3) is 12.7 Å². The molecule has 0 heterocycles. The van der Waals surface area contributed by atoms with Gasteiger partial charge < -0.3 is 14.6 Å². The third kappa shape index (κ3) is 8.69. The maximum absolute atomic E-state index is 13.4. The van der Waals surface area contributed by atoms with Crippen LogP contribution < -0.4 is 0 Å². The van der Waals surface area contributed by atoms with Gasteiger partial charge in [-0.1, -0.05) is 0 Å². The Morgan fingerprint density at radius 3 is 1.26 bits per heavy atom. The van der Waals surface area contributed by atoms with Gasteiger partial charge >= 0.3 is 48.4 Å². The summed E-state index contributed by atoms with van der Waals surface area (Å²) in [6, 6.07) is 0. The number of hydrogen-bond acceptors (Lipinski definition) is 5. The minimum absolute atomic E-state index is 1.85. The molecule has 0 aromatic rings. The summed E-state index contributed by atoms with van der Waals surface area (Å²) in [4.78, 5) is 0. The van der Waals surface area contributed by atoms with Gasteiger partial charge in [-0.15, -0.1) is 0 Å². The van der Waals surface area contributed by atoms with Gasteiger partial charge in [0.2, 0.25) is 0 Å². The lowest BCUT2D eigenvalue weighted by Crippen LogP contribution is -2.56. The second kappa shape index (κ2) is 11.7. The van der Waals surface area contributed by atoms with Gasteiger partial charge in [-0.05, 0) is 0 Å².